The summed E-state index contributed by atoms with van der Waals surface area (Å²) in [5.74, 6) is 0.572. The number of hydrogen-bond acceptors (Lipinski definition) is 6. The van der Waals surface area contributed by atoms with Gasteiger partial charge in [0.1, 0.15) is 6.07 Å². The molecule has 7 heteroatoms. The molecule has 0 unspecified atom stereocenters. The van der Waals surface area contributed by atoms with Crippen LogP contribution < -0.4 is 4.90 Å². The van der Waals surface area contributed by atoms with Crippen LogP contribution in [0, 0.1) is 25.2 Å². The van der Waals surface area contributed by atoms with Crippen molar-refractivity contribution in [3.05, 3.63) is 23.0 Å². The predicted molar refractivity (Wildman–Crippen MR) is 93.9 cm³/mol. The minimum absolute atomic E-state index is 0.286. The number of aromatic nitrogens is 1. The number of anilines is 1. The van der Waals surface area contributed by atoms with E-state index >= 15 is 0 Å². The normalized spacial score (nSPS) is 22.3. The highest BCUT2D eigenvalue weighted by molar-refractivity contribution is 7.91. The fourth-order valence-corrected chi connectivity index (χ4v) is 4.99. The molecular formula is C17H24N4O2S. The largest absolute Gasteiger partial charge is 0.370 e. The molecular weight excluding hydrogens is 324 g/mol. The maximum absolute atomic E-state index is 11.6. The number of nitrogens with zero attached hydrogens (tertiary/aromatic N) is 4. The highest BCUT2D eigenvalue weighted by atomic mass is 32.2. The van der Waals surface area contributed by atoms with E-state index in [9.17, 15) is 13.7 Å². The zero-order valence-corrected chi connectivity index (χ0v) is 15.1. The molecule has 2 aliphatic heterocycles. The van der Waals surface area contributed by atoms with Gasteiger partial charge in [-0.2, -0.15) is 5.26 Å². The first-order valence-electron chi connectivity index (χ1n) is 8.47. The Balaban J connectivity index is 1.67. The molecule has 1 aromatic rings. The maximum atomic E-state index is 11.6. The lowest BCUT2D eigenvalue weighted by atomic mass is 10.0. The second kappa shape index (κ2) is 6.69. The molecule has 0 atom stereocenters. The van der Waals surface area contributed by atoms with E-state index in [1.54, 1.807) is 0 Å². The van der Waals surface area contributed by atoms with Crippen molar-refractivity contribution in [2.24, 2.45) is 0 Å². The van der Waals surface area contributed by atoms with Crippen molar-refractivity contribution in [1.82, 2.24) is 9.88 Å². The van der Waals surface area contributed by atoms with Gasteiger partial charge in [0.05, 0.1) is 28.5 Å². The average molecular weight is 348 g/mol. The number of aryl methyl sites for hydroxylation is 2. The number of hydrogen-bond donors (Lipinski definition) is 0. The first-order valence-corrected chi connectivity index (χ1v) is 10.3. The lowest BCUT2D eigenvalue weighted by molar-refractivity contribution is 0.182. The molecule has 0 amide bonds. The van der Waals surface area contributed by atoms with Crippen LogP contribution in [-0.2, 0) is 9.84 Å². The van der Waals surface area contributed by atoms with Crippen molar-refractivity contribution in [2.45, 2.75) is 32.7 Å². The van der Waals surface area contributed by atoms with Gasteiger partial charge in [0.15, 0.2) is 9.84 Å². The second-order valence-corrected chi connectivity index (χ2v) is 9.06. The number of sulfone groups is 1. The van der Waals surface area contributed by atoms with Gasteiger partial charge < -0.3 is 4.90 Å². The molecule has 1 aromatic heterocycles. The zero-order chi connectivity index (χ0) is 17.3. The zero-order valence-electron chi connectivity index (χ0n) is 14.3. The number of nitriles is 1. The summed E-state index contributed by atoms with van der Waals surface area (Å²) in [4.78, 5) is 8.99. The van der Waals surface area contributed by atoms with Crippen molar-refractivity contribution in [3.8, 4) is 6.07 Å². The van der Waals surface area contributed by atoms with Gasteiger partial charge in [-0.3, -0.25) is 9.88 Å². The molecule has 3 rings (SSSR count). The van der Waals surface area contributed by atoms with Crippen LogP contribution in [0.15, 0.2) is 6.07 Å². The lowest BCUT2D eigenvalue weighted by Crippen LogP contribution is -2.50. The van der Waals surface area contributed by atoms with Gasteiger partial charge in [-0.05, 0) is 32.8 Å². The Morgan fingerprint density at radius 3 is 2.38 bits per heavy atom. The van der Waals surface area contributed by atoms with Gasteiger partial charge in [-0.1, -0.05) is 0 Å². The molecule has 130 valence electrons. The van der Waals surface area contributed by atoms with Crippen LogP contribution in [0.4, 0.5) is 5.69 Å². The van der Waals surface area contributed by atoms with Gasteiger partial charge in [0.25, 0.3) is 0 Å². The predicted octanol–water partition coefficient (Wildman–Crippen LogP) is 1.27. The van der Waals surface area contributed by atoms with Crippen molar-refractivity contribution < 1.29 is 8.42 Å². The van der Waals surface area contributed by atoms with E-state index in [1.165, 1.54) is 0 Å². The Morgan fingerprint density at radius 2 is 1.79 bits per heavy atom. The third kappa shape index (κ3) is 3.55. The summed E-state index contributed by atoms with van der Waals surface area (Å²) in [6, 6.07) is 4.74. The van der Waals surface area contributed by atoms with Crippen molar-refractivity contribution >= 4 is 15.5 Å². The molecule has 0 saturated carbocycles. The standard InChI is InChI=1S/C17H24N4O2S/c1-13-11-17(16(12-18)14(2)19-13)21-5-3-15(4-6-21)20-7-9-24(22,23)10-8-20/h11,15H,3-10H2,1-2H3. The number of piperidine rings is 1. The van der Waals surface area contributed by atoms with Gasteiger partial charge in [-0.25, -0.2) is 8.42 Å². The quantitative estimate of drug-likeness (QED) is 0.801. The Bertz CT molecular complexity index is 748. The number of rotatable bonds is 2. The van der Waals surface area contributed by atoms with Crippen molar-refractivity contribution in [1.29, 1.82) is 5.26 Å². The SMILES string of the molecule is Cc1cc(N2CCC(N3CCS(=O)(=O)CC3)CC2)c(C#N)c(C)n1. The van der Waals surface area contributed by atoms with Gasteiger partial charge >= 0.3 is 0 Å². The minimum atomic E-state index is -2.82. The van der Waals surface area contributed by atoms with Crippen molar-refractivity contribution in [2.75, 3.05) is 42.6 Å². The van der Waals surface area contributed by atoms with Crippen LogP contribution in [-0.4, -0.2) is 62.0 Å². The summed E-state index contributed by atoms with van der Waals surface area (Å²) in [5, 5.41) is 9.44. The smallest absolute Gasteiger partial charge is 0.152 e. The molecule has 0 N–H and O–H groups in total. The van der Waals surface area contributed by atoms with E-state index in [4.69, 9.17) is 0 Å². The van der Waals surface area contributed by atoms with E-state index in [0.29, 0.717) is 24.7 Å². The highest BCUT2D eigenvalue weighted by Crippen LogP contribution is 2.28. The molecule has 3 heterocycles. The van der Waals surface area contributed by atoms with E-state index in [0.717, 1.165) is 43.0 Å². The Morgan fingerprint density at radius 1 is 1.17 bits per heavy atom. The topological polar surface area (TPSA) is 77.3 Å². The van der Waals surface area contributed by atoms with Crippen LogP contribution in [0.3, 0.4) is 0 Å². The lowest BCUT2D eigenvalue weighted by Gasteiger charge is -2.41. The van der Waals surface area contributed by atoms with E-state index < -0.39 is 9.84 Å². The van der Waals surface area contributed by atoms with Gasteiger partial charge in [0.2, 0.25) is 0 Å². The average Bonchev–Trinajstić information content (AvgIpc) is 2.54. The fourth-order valence-electron chi connectivity index (χ4n) is 3.76. The van der Waals surface area contributed by atoms with Crippen LogP contribution in [0.1, 0.15) is 29.8 Å². The molecule has 0 aromatic carbocycles. The van der Waals surface area contributed by atoms with Gasteiger partial charge in [0, 0.05) is 37.9 Å². The van der Waals surface area contributed by atoms with Crippen molar-refractivity contribution in [3.63, 3.8) is 0 Å². The highest BCUT2D eigenvalue weighted by Gasteiger charge is 2.30. The van der Waals surface area contributed by atoms with Gasteiger partial charge in [-0.15, -0.1) is 0 Å². The summed E-state index contributed by atoms with van der Waals surface area (Å²) in [6.07, 6.45) is 2.01. The molecule has 2 fully saturated rings. The summed E-state index contributed by atoms with van der Waals surface area (Å²) in [5.41, 5.74) is 3.38. The van der Waals surface area contributed by atoms with E-state index in [2.05, 4.69) is 20.9 Å². The first kappa shape index (κ1) is 17.2. The fraction of sp³-hybridized carbons (Fsp3) is 0.647. The maximum Gasteiger partial charge on any atom is 0.152 e. The van der Waals surface area contributed by atoms with Crippen LogP contribution >= 0.6 is 0 Å². The third-order valence-electron chi connectivity index (χ3n) is 5.12. The minimum Gasteiger partial charge on any atom is -0.370 e. The van der Waals surface area contributed by atoms with E-state index in [1.807, 2.05) is 19.9 Å². The molecule has 2 aliphatic rings. The molecule has 0 spiro atoms. The third-order valence-corrected chi connectivity index (χ3v) is 6.73. The van der Waals surface area contributed by atoms with E-state index in [-0.39, 0.29) is 11.5 Å². The summed E-state index contributed by atoms with van der Waals surface area (Å²) in [7, 11) is -2.82. The molecule has 6 nitrogen and oxygen atoms in total. The summed E-state index contributed by atoms with van der Waals surface area (Å²) < 4.78 is 23.2. The first-order chi connectivity index (χ1) is 11.4. The monoisotopic (exact) mass is 348 g/mol. The van der Waals surface area contributed by atoms with Crippen LogP contribution in [0.5, 0.6) is 0 Å². The Labute approximate surface area is 144 Å². The second-order valence-electron chi connectivity index (χ2n) is 6.76. The van der Waals surface area contributed by atoms with Crippen LogP contribution in [0.2, 0.25) is 0 Å². The van der Waals surface area contributed by atoms with Crippen LogP contribution in [0.25, 0.3) is 0 Å². The molecule has 0 radical (unpaired) electrons. The molecule has 2 saturated heterocycles. The summed E-state index contributed by atoms with van der Waals surface area (Å²) >= 11 is 0. The summed E-state index contributed by atoms with van der Waals surface area (Å²) in [6.45, 7) is 6.94. The molecule has 24 heavy (non-hydrogen) atoms. The number of pyridine rings is 1. The Hall–Kier alpha value is -1.65. The molecule has 0 bridgehead atoms. The molecule has 0 aliphatic carbocycles. The Kier molecular flexibility index (Phi) is 4.79.